The second-order valence-electron chi connectivity index (χ2n) is 6.27. The molecule has 1 unspecified atom stereocenters. The highest BCUT2D eigenvalue weighted by molar-refractivity contribution is 5.79. The number of fused-ring (bicyclic) bond motifs is 1. The molecule has 2 aliphatic rings. The molecule has 8 nitrogen and oxygen atoms in total. The molecule has 0 spiro atoms. The quantitative estimate of drug-likeness (QED) is 0.851. The first-order valence-corrected chi connectivity index (χ1v) is 8.33. The van der Waals surface area contributed by atoms with Gasteiger partial charge in [0.05, 0.1) is 24.9 Å². The number of nitrogens with zero attached hydrogens (tertiary/aromatic N) is 5. The van der Waals surface area contributed by atoms with Crippen molar-refractivity contribution in [2.75, 3.05) is 33.4 Å². The largest absolute Gasteiger partial charge is 0.383 e. The fourth-order valence-corrected chi connectivity index (χ4v) is 3.46. The summed E-state index contributed by atoms with van der Waals surface area (Å²) in [6.45, 7) is 4.55. The second-order valence-corrected chi connectivity index (χ2v) is 6.27. The van der Waals surface area contributed by atoms with Gasteiger partial charge >= 0.3 is 0 Å². The summed E-state index contributed by atoms with van der Waals surface area (Å²) >= 11 is 0. The molecular weight excluding hydrogens is 308 g/mol. The first kappa shape index (κ1) is 15.3. The predicted octanol–water partition coefficient (Wildman–Crippen LogP) is 0.270. The van der Waals surface area contributed by atoms with Crippen molar-refractivity contribution < 1.29 is 9.53 Å². The topological polar surface area (TPSA) is 77.2 Å². The molecule has 0 aromatic carbocycles. The first-order valence-electron chi connectivity index (χ1n) is 8.33. The van der Waals surface area contributed by atoms with Gasteiger partial charge < -0.3 is 19.5 Å². The summed E-state index contributed by atoms with van der Waals surface area (Å²) in [5.41, 5.74) is 2.05. The Morgan fingerprint density at radius 3 is 3.21 bits per heavy atom. The van der Waals surface area contributed by atoms with Crippen molar-refractivity contribution in [2.45, 2.75) is 25.6 Å². The standard InChI is InChI=1S/C16H22N6O2/c1-24-7-6-20-11-13(9-15(20)23)21-4-3-18-16(21)14-8-12-10-17-2-5-22(12)19-14/h3-4,8,13,17H,2,5-7,9-11H2,1H3. The van der Waals surface area contributed by atoms with Gasteiger partial charge in [-0.3, -0.25) is 9.48 Å². The summed E-state index contributed by atoms with van der Waals surface area (Å²) in [7, 11) is 1.65. The molecule has 0 radical (unpaired) electrons. The lowest BCUT2D eigenvalue weighted by molar-refractivity contribution is -0.128. The summed E-state index contributed by atoms with van der Waals surface area (Å²) in [5.74, 6) is 1.01. The molecule has 0 saturated carbocycles. The van der Waals surface area contributed by atoms with Crippen LogP contribution in [0.2, 0.25) is 0 Å². The fraction of sp³-hybridized carbons (Fsp3) is 0.562. The van der Waals surface area contributed by atoms with Crippen molar-refractivity contribution in [3.05, 3.63) is 24.2 Å². The lowest BCUT2D eigenvalue weighted by atomic mass is 10.2. The van der Waals surface area contributed by atoms with E-state index >= 15 is 0 Å². The van der Waals surface area contributed by atoms with E-state index in [0.29, 0.717) is 26.1 Å². The molecule has 128 valence electrons. The third-order valence-electron chi connectivity index (χ3n) is 4.72. The molecule has 4 heterocycles. The van der Waals surface area contributed by atoms with Crippen LogP contribution in [0, 0.1) is 0 Å². The smallest absolute Gasteiger partial charge is 0.224 e. The Morgan fingerprint density at radius 2 is 2.38 bits per heavy atom. The Balaban J connectivity index is 1.57. The van der Waals surface area contributed by atoms with Crippen molar-refractivity contribution >= 4 is 5.91 Å². The molecule has 2 aliphatic heterocycles. The minimum Gasteiger partial charge on any atom is -0.383 e. The van der Waals surface area contributed by atoms with Gasteiger partial charge in [-0.1, -0.05) is 0 Å². The predicted molar refractivity (Wildman–Crippen MR) is 87.3 cm³/mol. The number of hydrogen-bond donors (Lipinski definition) is 1. The van der Waals surface area contributed by atoms with E-state index in [4.69, 9.17) is 4.74 Å². The Kier molecular flexibility index (Phi) is 4.07. The normalized spacial score (nSPS) is 20.6. The zero-order valence-electron chi connectivity index (χ0n) is 13.8. The Hall–Kier alpha value is -2.19. The van der Waals surface area contributed by atoms with Gasteiger partial charge in [0.1, 0.15) is 5.69 Å². The van der Waals surface area contributed by atoms with Crippen LogP contribution in [-0.2, 0) is 22.6 Å². The van der Waals surface area contributed by atoms with E-state index in [0.717, 1.165) is 31.2 Å². The number of ether oxygens (including phenoxy) is 1. The number of likely N-dealkylation sites (tertiary alicyclic amines) is 1. The SMILES string of the molecule is COCCN1CC(n2ccnc2-c2cc3n(n2)CCNC3)CC1=O. The summed E-state index contributed by atoms with van der Waals surface area (Å²) in [4.78, 5) is 18.6. The fourth-order valence-electron chi connectivity index (χ4n) is 3.46. The molecule has 1 amide bonds. The highest BCUT2D eigenvalue weighted by Gasteiger charge is 2.32. The molecule has 8 heteroatoms. The number of amides is 1. The third kappa shape index (κ3) is 2.71. The van der Waals surface area contributed by atoms with E-state index < -0.39 is 0 Å². The summed E-state index contributed by atoms with van der Waals surface area (Å²) in [6.07, 6.45) is 4.24. The van der Waals surface area contributed by atoms with Crippen LogP contribution < -0.4 is 5.32 Å². The van der Waals surface area contributed by atoms with Crippen LogP contribution in [0.4, 0.5) is 0 Å². The zero-order valence-corrected chi connectivity index (χ0v) is 13.8. The van der Waals surface area contributed by atoms with E-state index in [1.54, 1.807) is 13.3 Å². The molecule has 24 heavy (non-hydrogen) atoms. The van der Waals surface area contributed by atoms with Gasteiger partial charge in [-0.05, 0) is 6.07 Å². The summed E-state index contributed by atoms with van der Waals surface area (Å²) < 4.78 is 9.21. The molecule has 4 rings (SSSR count). The number of carbonyl (C=O) groups is 1. The lowest BCUT2D eigenvalue weighted by Crippen LogP contribution is -2.29. The summed E-state index contributed by atoms with van der Waals surface area (Å²) in [5, 5.41) is 8.04. The van der Waals surface area contributed by atoms with Crippen molar-refractivity contribution in [3.8, 4) is 11.5 Å². The first-order chi connectivity index (χ1) is 11.8. The van der Waals surface area contributed by atoms with Gasteiger partial charge in [-0.15, -0.1) is 0 Å². The number of rotatable bonds is 5. The van der Waals surface area contributed by atoms with Gasteiger partial charge in [0.15, 0.2) is 5.82 Å². The van der Waals surface area contributed by atoms with Gasteiger partial charge in [0.2, 0.25) is 5.91 Å². The number of nitrogens with one attached hydrogen (secondary N) is 1. The molecule has 1 atom stereocenters. The summed E-state index contributed by atoms with van der Waals surface area (Å²) in [6, 6.07) is 2.19. The monoisotopic (exact) mass is 330 g/mol. The maximum absolute atomic E-state index is 12.2. The van der Waals surface area contributed by atoms with E-state index in [1.807, 2.05) is 15.8 Å². The number of methoxy groups -OCH3 is 1. The second kappa shape index (κ2) is 6.37. The average molecular weight is 330 g/mol. The minimum atomic E-state index is 0.101. The minimum absolute atomic E-state index is 0.101. The maximum atomic E-state index is 12.2. The van der Waals surface area contributed by atoms with Gasteiger partial charge in [0, 0.05) is 52.1 Å². The van der Waals surface area contributed by atoms with Gasteiger partial charge in [-0.25, -0.2) is 4.98 Å². The molecule has 0 bridgehead atoms. The highest BCUT2D eigenvalue weighted by Crippen LogP contribution is 2.28. The van der Waals surface area contributed by atoms with E-state index in [1.165, 1.54) is 5.69 Å². The van der Waals surface area contributed by atoms with E-state index in [-0.39, 0.29) is 11.9 Å². The number of hydrogen-bond acceptors (Lipinski definition) is 5. The van der Waals surface area contributed by atoms with Gasteiger partial charge in [0.25, 0.3) is 0 Å². The van der Waals surface area contributed by atoms with Gasteiger partial charge in [-0.2, -0.15) is 5.10 Å². The Bertz CT molecular complexity index is 713. The van der Waals surface area contributed by atoms with Crippen molar-refractivity contribution in [1.82, 2.24) is 29.5 Å². The van der Waals surface area contributed by atoms with Crippen LogP contribution in [-0.4, -0.2) is 63.5 Å². The van der Waals surface area contributed by atoms with Crippen LogP contribution in [0.1, 0.15) is 18.2 Å². The third-order valence-corrected chi connectivity index (χ3v) is 4.72. The molecule has 1 fully saturated rings. The Morgan fingerprint density at radius 1 is 1.46 bits per heavy atom. The zero-order chi connectivity index (χ0) is 16.5. The van der Waals surface area contributed by atoms with Crippen molar-refractivity contribution in [2.24, 2.45) is 0 Å². The van der Waals surface area contributed by atoms with Crippen LogP contribution in [0.15, 0.2) is 18.5 Å². The molecule has 1 N–H and O–H groups in total. The Labute approximate surface area is 140 Å². The number of carbonyl (C=O) groups excluding carboxylic acids is 1. The number of imidazole rings is 1. The molecular formula is C16H22N6O2. The lowest BCUT2D eigenvalue weighted by Gasteiger charge is -2.17. The maximum Gasteiger partial charge on any atom is 0.224 e. The number of aromatic nitrogens is 4. The van der Waals surface area contributed by atoms with Crippen LogP contribution in [0.5, 0.6) is 0 Å². The molecule has 1 saturated heterocycles. The molecule has 0 aliphatic carbocycles. The van der Waals surface area contributed by atoms with Crippen molar-refractivity contribution in [1.29, 1.82) is 0 Å². The van der Waals surface area contributed by atoms with Crippen LogP contribution in [0.25, 0.3) is 11.5 Å². The van der Waals surface area contributed by atoms with Crippen LogP contribution in [0.3, 0.4) is 0 Å². The van der Waals surface area contributed by atoms with E-state index in [9.17, 15) is 4.79 Å². The molecule has 2 aromatic heterocycles. The average Bonchev–Trinajstić information content (AvgIpc) is 3.30. The van der Waals surface area contributed by atoms with Crippen LogP contribution >= 0.6 is 0 Å². The van der Waals surface area contributed by atoms with Crippen molar-refractivity contribution in [3.63, 3.8) is 0 Å². The highest BCUT2D eigenvalue weighted by atomic mass is 16.5. The molecule has 2 aromatic rings. The van der Waals surface area contributed by atoms with E-state index in [2.05, 4.69) is 26.0 Å².